The number of aliphatic hydroxyl groups is 5. The average molecular weight is 310 g/mol. The van der Waals surface area contributed by atoms with Gasteiger partial charge in [-0.2, -0.15) is 0 Å². The predicted octanol–water partition coefficient (Wildman–Crippen LogP) is -0.624. The molecular weight excluding hydrogens is 276 g/mol. The Morgan fingerprint density at radius 3 is 1.00 bits per heavy atom. The van der Waals surface area contributed by atoms with E-state index in [2.05, 4.69) is 0 Å². The Labute approximate surface area is 128 Å². The Morgan fingerprint density at radius 1 is 0.667 bits per heavy atom. The first-order chi connectivity index (χ1) is 9.17. The van der Waals surface area contributed by atoms with E-state index in [9.17, 15) is 15.3 Å². The minimum atomic E-state index is -1.28. The highest BCUT2D eigenvalue weighted by Crippen LogP contribution is 2.29. The Hall–Kier alpha value is -0.280. The molecule has 0 rings (SSSR count). The third kappa shape index (κ3) is 11.0. The number of rotatable bonds is 7. The van der Waals surface area contributed by atoms with E-state index in [-0.39, 0.29) is 13.2 Å². The van der Waals surface area contributed by atoms with Gasteiger partial charge in [0.05, 0.1) is 13.2 Å². The normalized spacial score (nSPS) is 13.4. The molecule has 21 heavy (non-hydrogen) atoms. The van der Waals surface area contributed by atoms with Crippen LogP contribution in [0.1, 0.15) is 41.5 Å². The van der Waals surface area contributed by atoms with Gasteiger partial charge >= 0.3 is 0 Å². The van der Waals surface area contributed by atoms with Gasteiger partial charge in [0, 0.05) is 13.1 Å². The van der Waals surface area contributed by atoms with Crippen LogP contribution in [0.4, 0.5) is 0 Å². The SMILES string of the molecule is CC(C)(O)N(C(C)(C)O)C(C)(C)O.CN(CCO)CCO. The fourth-order valence-corrected chi connectivity index (χ4v) is 2.46. The van der Waals surface area contributed by atoms with Crippen molar-refractivity contribution in [2.75, 3.05) is 33.4 Å². The van der Waals surface area contributed by atoms with E-state index in [1.165, 1.54) is 46.4 Å². The predicted molar refractivity (Wildman–Crippen MR) is 82.4 cm³/mol. The summed E-state index contributed by atoms with van der Waals surface area (Å²) in [6, 6.07) is 0. The molecule has 130 valence electrons. The summed E-state index contributed by atoms with van der Waals surface area (Å²) in [5, 5.41) is 45.9. The Kier molecular flexibility index (Phi) is 9.85. The van der Waals surface area contributed by atoms with Crippen molar-refractivity contribution in [3.8, 4) is 0 Å². The summed E-state index contributed by atoms with van der Waals surface area (Å²) in [5.41, 5.74) is -3.84. The van der Waals surface area contributed by atoms with Gasteiger partial charge in [-0.25, -0.2) is 4.90 Å². The van der Waals surface area contributed by atoms with Gasteiger partial charge in [-0.05, 0) is 48.6 Å². The van der Waals surface area contributed by atoms with E-state index in [1.54, 1.807) is 0 Å². The van der Waals surface area contributed by atoms with E-state index in [4.69, 9.17) is 10.2 Å². The number of nitrogens with zero attached hydrogens (tertiary/aromatic N) is 2. The van der Waals surface area contributed by atoms with E-state index in [0.717, 1.165) is 0 Å². The lowest BCUT2D eigenvalue weighted by Gasteiger charge is -2.49. The van der Waals surface area contributed by atoms with Crippen LogP contribution in [0.2, 0.25) is 0 Å². The highest BCUT2D eigenvalue weighted by Gasteiger charge is 2.43. The van der Waals surface area contributed by atoms with Crippen molar-refractivity contribution in [2.45, 2.75) is 58.7 Å². The molecule has 7 heteroatoms. The zero-order valence-corrected chi connectivity index (χ0v) is 14.5. The second kappa shape index (κ2) is 8.99. The number of aliphatic hydroxyl groups excluding tert-OH is 2. The van der Waals surface area contributed by atoms with Crippen LogP contribution >= 0.6 is 0 Å². The molecule has 5 N–H and O–H groups in total. The van der Waals surface area contributed by atoms with Crippen molar-refractivity contribution in [1.29, 1.82) is 0 Å². The summed E-state index contributed by atoms with van der Waals surface area (Å²) in [7, 11) is 1.85. The topological polar surface area (TPSA) is 108 Å². The molecule has 0 spiro atoms. The first-order valence-corrected chi connectivity index (χ1v) is 7.05. The highest BCUT2D eigenvalue weighted by molar-refractivity contribution is 4.84. The molecule has 7 nitrogen and oxygen atoms in total. The molecule has 0 aromatic carbocycles. The standard InChI is InChI=1S/C9H21NO3.C5H13NO2/c1-7(2,11)10(8(3,4)12)9(5,6)13;1-6(2-4-7)3-5-8/h11-13H,1-6H3;7-8H,2-5H2,1H3. The lowest BCUT2D eigenvalue weighted by Crippen LogP contribution is -2.64. The van der Waals surface area contributed by atoms with E-state index in [1.807, 2.05) is 11.9 Å². The molecule has 0 bridgehead atoms. The van der Waals surface area contributed by atoms with Gasteiger partial charge in [-0.1, -0.05) is 0 Å². The number of likely N-dealkylation sites (N-methyl/N-ethyl adjacent to an activating group) is 1. The van der Waals surface area contributed by atoms with Crippen molar-refractivity contribution in [1.82, 2.24) is 9.80 Å². The van der Waals surface area contributed by atoms with Crippen LogP contribution in [-0.4, -0.2) is 85.9 Å². The molecular formula is C14H34N2O5. The van der Waals surface area contributed by atoms with Crippen molar-refractivity contribution >= 4 is 0 Å². The zero-order valence-electron chi connectivity index (χ0n) is 14.5. The second-order valence-electron chi connectivity index (χ2n) is 6.57. The van der Waals surface area contributed by atoms with Gasteiger partial charge in [-0.3, -0.25) is 0 Å². The van der Waals surface area contributed by atoms with Crippen LogP contribution in [0.15, 0.2) is 0 Å². The quantitative estimate of drug-likeness (QED) is 0.399. The summed E-state index contributed by atoms with van der Waals surface area (Å²) in [6.45, 7) is 10.7. The molecule has 0 aromatic heterocycles. The minimum absolute atomic E-state index is 0.163. The lowest BCUT2D eigenvalue weighted by atomic mass is 10.1. The Bertz CT molecular complexity index is 227. The molecule has 0 fully saturated rings. The van der Waals surface area contributed by atoms with Gasteiger partial charge in [0.2, 0.25) is 0 Å². The Balaban J connectivity index is 0. The fraction of sp³-hybridized carbons (Fsp3) is 1.00. The monoisotopic (exact) mass is 310 g/mol. The highest BCUT2D eigenvalue weighted by atomic mass is 16.4. The molecule has 0 aliphatic heterocycles. The van der Waals surface area contributed by atoms with Crippen LogP contribution in [0.3, 0.4) is 0 Å². The first kappa shape index (κ1) is 23.0. The fourth-order valence-electron chi connectivity index (χ4n) is 2.46. The summed E-state index contributed by atoms with van der Waals surface area (Å²) in [4.78, 5) is 3.09. The Morgan fingerprint density at radius 2 is 0.905 bits per heavy atom. The molecule has 0 aliphatic carbocycles. The van der Waals surface area contributed by atoms with Crippen molar-refractivity contribution in [3.05, 3.63) is 0 Å². The van der Waals surface area contributed by atoms with Crippen LogP contribution in [0.5, 0.6) is 0 Å². The van der Waals surface area contributed by atoms with Gasteiger partial charge < -0.3 is 30.4 Å². The van der Waals surface area contributed by atoms with E-state index < -0.39 is 17.2 Å². The molecule has 0 saturated carbocycles. The summed E-state index contributed by atoms with van der Waals surface area (Å²) >= 11 is 0. The molecule has 0 aliphatic rings. The van der Waals surface area contributed by atoms with E-state index in [0.29, 0.717) is 13.1 Å². The zero-order chi connectivity index (χ0) is 17.5. The first-order valence-electron chi connectivity index (χ1n) is 7.05. The van der Waals surface area contributed by atoms with Crippen molar-refractivity contribution in [2.24, 2.45) is 0 Å². The van der Waals surface area contributed by atoms with Crippen LogP contribution in [0.25, 0.3) is 0 Å². The number of hydrogen-bond donors (Lipinski definition) is 5. The average Bonchev–Trinajstić information content (AvgIpc) is 2.10. The molecule has 0 unspecified atom stereocenters. The maximum Gasteiger partial charge on any atom is 0.117 e. The number of hydrogen-bond acceptors (Lipinski definition) is 7. The maximum atomic E-state index is 9.75. The molecule has 0 atom stereocenters. The summed E-state index contributed by atoms with van der Waals surface area (Å²) in [5.74, 6) is 0. The third-order valence-corrected chi connectivity index (χ3v) is 2.61. The third-order valence-electron chi connectivity index (χ3n) is 2.61. The maximum absolute atomic E-state index is 9.75. The van der Waals surface area contributed by atoms with Gasteiger partial charge in [0.25, 0.3) is 0 Å². The van der Waals surface area contributed by atoms with Crippen molar-refractivity contribution in [3.63, 3.8) is 0 Å². The van der Waals surface area contributed by atoms with Crippen LogP contribution < -0.4 is 0 Å². The lowest BCUT2D eigenvalue weighted by molar-refractivity contribution is -0.288. The molecule has 0 amide bonds. The van der Waals surface area contributed by atoms with Gasteiger partial charge in [0.15, 0.2) is 0 Å². The molecule has 0 heterocycles. The summed E-state index contributed by atoms with van der Waals surface area (Å²) < 4.78 is 0. The van der Waals surface area contributed by atoms with Gasteiger partial charge in [-0.15, -0.1) is 0 Å². The minimum Gasteiger partial charge on any atom is -0.395 e. The largest absolute Gasteiger partial charge is 0.395 e. The summed E-state index contributed by atoms with van der Waals surface area (Å²) in [6.07, 6.45) is 0. The molecule has 0 saturated heterocycles. The van der Waals surface area contributed by atoms with Crippen molar-refractivity contribution < 1.29 is 25.5 Å². The smallest absolute Gasteiger partial charge is 0.117 e. The van der Waals surface area contributed by atoms with E-state index >= 15 is 0 Å². The molecule has 0 radical (unpaired) electrons. The van der Waals surface area contributed by atoms with Crippen LogP contribution in [-0.2, 0) is 0 Å². The second-order valence-corrected chi connectivity index (χ2v) is 6.57. The van der Waals surface area contributed by atoms with Crippen LogP contribution in [0, 0.1) is 0 Å². The molecule has 0 aromatic rings. The van der Waals surface area contributed by atoms with Gasteiger partial charge in [0.1, 0.15) is 17.2 Å².